The summed E-state index contributed by atoms with van der Waals surface area (Å²) in [4.78, 5) is 20.4. The number of benzene rings is 1. The average Bonchev–Trinajstić information content (AvgIpc) is 3.06. The molecule has 7 heteroatoms. The zero-order valence-corrected chi connectivity index (χ0v) is 16.8. The van der Waals surface area contributed by atoms with Crippen molar-refractivity contribution in [1.82, 2.24) is 9.55 Å². The van der Waals surface area contributed by atoms with Crippen molar-refractivity contribution in [2.24, 2.45) is 0 Å². The van der Waals surface area contributed by atoms with Gasteiger partial charge in [-0.25, -0.2) is 4.98 Å². The quantitative estimate of drug-likeness (QED) is 0.484. The molecule has 0 spiro atoms. The first-order valence-corrected chi connectivity index (χ1v) is 10.6. The Morgan fingerprint density at radius 3 is 2.74 bits per heavy atom. The van der Waals surface area contributed by atoms with E-state index in [1.807, 2.05) is 31.2 Å². The maximum absolute atomic E-state index is 13.5. The predicted octanol–water partition coefficient (Wildman–Crippen LogP) is 4.34. The molecule has 0 unspecified atom stereocenters. The predicted molar refractivity (Wildman–Crippen MR) is 109 cm³/mol. The highest BCUT2D eigenvalue weighted by Gasteiger charge is 2.23. The summed E-state index contributed by atoms with van der Waals surface area (Å²) >= 11 is 2.95. The molecular formula is C20H19N3O2S2. The van der Waals surface area contributed by atoms with Crippen molar-refractivity contribution in [3.8, 4) is 17.5 Å². The fourth-order valence-electron chi connectivity index (χ4n) is 3.41. The number of ether oxygens (including phenoxy) is 1. The first-order chi connectivity index (χ1) is 13.1. The molecule has 1 atom stereocenters. The first-order valence-electron chi connectivity index (χ1n) is 8.90. The van der Waals surface area contributed by atoms with E-state index in [4.69, 9.17) is 9.72 Å². The van der Waals surface area contributed by atoms with Crippen molar-refractivity contribution in [3.63, 3.8) is 0 Å². The Hall–Kier alpha value is -2.30. The van der Waals surface area contributed by atoms with Crippen molar-refractivity contribution in [2.45, 2.75) is 43.0 Å². The summed E-state index contributed by atoms with van der Waals surface area (Å²) in [6.07, 6.45) is 4.24. The van der Waals surface area contributed by atoms with E-state index >= 15 is 0 Å². The Balaban J connectivity index is 1.97. The molecule has 1 aromatic carbocycles. The number of rotatable bonds is 4. The fourth-order valence-corrected chi connectivity index (χ4v) is 5.53. The number of thiophene rings is 1. The van der Waals surface area contributed by atoms with Crippen LogP contribution in [0.5, 0.6) is 5.75 Å². The van der Waals surface area contributed by atoms with E-state index < -0.39 is 0 Å². The second-order valence-electron chi connectivity index (χ2n) is 6.51. The Bertz CT molecular complexity index is 1090. The fraction of sp³-hybridized carbons (Fsp3) is 0.350. The number of hydrogen-bond acceptors (Lipinski definition) is 6. The Morgan fingerprint density at radius 1 is 1.30 bits per heavy atom. The summed E-state index contributed by atoms with van der Waals surface area (Å²) in [6, 6.07) is 9.59. The Labute approximate surface area is 165 Å². The minimum Gasteiger partial charge on any atom is -0.497 e. The number of fused-ring (bicyclic) bond motifs is 3. The third-order valence-corrected chi connectivity index (χ3v) is 6.88. The van der Waals surface area contributed by atoms with Crippen molar-refractivity contribution in [2.75, 3.05) is 7.11 Å². The van der Waals surface area contributed by atoms with Gasteiger partial charge in [0.25, 0.3) is 5.56 Å². The highest BCUT2D eigenvalue weighted by atomic mass is 32.2. The van der Waals surface area contributed by atoms with Gasteiger partial charge in [-0.2, -0.15) is 5.26 Å². The van der Waals surface area contributed by atoms with Gasteiger partial charge >= 0.3 is 0 Å². The van der Waals surface area contributed by atoms with Crippen LogP contribution in [0.2, 0.25) is 0 Å². The van der Waals surface area contributed by atoms with Crippen LogP contribution in [-0.2, 0) is 12.8 Å². The lowest BCUT2D eigenvalue weighted by molar-refractivity contribution is 0.414. The van der Waals surface area contributed by atoms with Crippen molar-refractivity contribution < 1.29 is 4.74 Å². The number of thioether (sulfide) groups is 1. The molecule has 2 aromatic heterocycles. The molecule has 0 fully saturated rings. The molecule has 2 heterocycles. The van der Waals surface area contributed by atoms with Gasteiger partial charge in [0.2, 0.25) is 0 Å². The SMILES string of the molecule is COc1ccc(-n2c(S[C@@H](C)C#N)nc3sc4c(c3c2=O)CCCC4)cc1. The van der Waals surface area contributed by atoms with Crippen LogP contribution in [0.15, 0.2) is 34.2 Å². The summed E-state index contributed by atoms with van der Waals surface area (Å²) < 4.78 is 6.87. The molecule has 0 bridgehead atoms. The van der Waals surface area contributed by atoms with Crippen LogP contribution in [0.3, 0.4) is 0 Å². The minimum atomic E-state index is -0.298. The molecule has 1 aliphatic rings. The maximum atomic E-state index is 13.5. The van der Waals surface area contributed by atoms with E-state index in [0.29, 0.717) is 5.16 Å². The van der Waals surface area contributed by atoms with Crippen LogP contribution in [0.4, 0.5) is 0 Å². The van der Waals surface area contributed by atoms with Gasteiger partial charge in [-0.15, -0.1) is 11.3 Å². The van der Waals surface area contributed by atoms with Gasteiger partial charge in [-0.3, -0.25) is 9.36 Å². The van der Waals surface area contributed by atoms with Gasteiger partial charge < -0.3 is 4.74 Å². The summed E-state index contributed by atoms with van der Waals surface area (Å²) in [5.74, 6) is 0.730. The summed E-state index contributed by atoms with van der Waals surface area (Å²) in [7, 11) is 1.61. The molecule has 3 aromatic rings. The Kier molecular flexibility index (Phi) is 4.94. The number of methoxy groups -OCH3 is 1. The molecule has 138 valence electrons. The average molecular weight is 398 g/mol. The molecule has 0 N–H and O–H groups in total. The van der Waals surface area contributed by atoms with Crippen LogP contribution < -0.4 is 10.3 Å². The largest absolute Gasteiger partial charge is 0.497 e. The Morgan fingerprint density at radius 2 is 2.04 bits per heavy atom. The standard InChI is InChI=1S/C20H19N3O2S2/c1-12(11-21)26-20-22-18-17(15-5-3-4-6-16(15)27-18)19(24)23(20)13-7-9-14(25-2)10-8-13/h7-10,12H,3-6H2,1-2H3/t12-/m0/s1. The number of aryl methyl sites for hydroxylation is 2. The molecular weight excluding hydrogens is 378 g/mol. The van der Waals surface area contributed by atoms with Gasteiger partial charge in [-0.1, -0.05) is 11.8 Å². The van der Waals surface area contributed by atoms with Crippen LogP contribution in [-0.4, -0.2) is 21.9 Å². The lowest BCUT2D eigenvalue weighted by atomic mass is 9.97. The van der Waals surface area contributed by atoms with Gasteiger partial charge in [0.1, 0.15) is 10.6 Å². The van der Waals surface area contributed by atoms with Gasteiger partial charge in [0.15, 0.2) is 5.16 Å². The zero-order valence-electron chi connectivity index (χ0n) is 15.2. The molecule has 0 saturated heterocycles. The highest BCUT2D eigenvalue weighted by molar-refractivity contribution is 8.00. The van der Waals surface area contributed by atoms with Crippen LogP contribution in [0.25, 0.3) is 15.9 Å². The second-order valence-corrected chi connectivity index (χ2v) is 8.90. The highest BCUT2D eigenvalue weighted by Crippen LogP contribution is 2.35. The van der Waals surface area contributed by atoms with E-state index in [1.165, 1.54) is 28.6 Å². The smallest absolute Gasteiger partial charge is 0.267 e. The third kappa shape index (κ3) is 3.24. The van der Waals surface area contributed by atoms with Gasteiger partial charge in [0, 0.05) is 4.88 Å². The molecule has 0 radical (unpaired) electrons. The maximum Gasteiger partial charge on any atom is 0.267 e. The molecule has 1 aliphatic carbocycles. The van der Waals surface area contributed by atoms with E-state index in [1.54, 1.807) is 23.0 Å². The van der Waals surface area contributed by atoms with E-state index in [-0.39, 0.29) is 10.8 Å². The topological polar surface area (TPSA) is 67.9 Å². The zero-order chi connectivity index (χ0) is 19.0. The molecule has 0 saturated carbocycles. The minimum absolute atomic E-state index is 0.0443. The molecule has 27 heavy (non-hydrogen) atoms. The summed E-state index contributed by atoms with van der Waals surface area (Å²) in [5, 5.41) is 10.3. The summed E-state index contributed by atoms with van der Waals surface area (Å²) in [6.45, 7) is 1.82. The van der Waals surface area contributed by atoms with Crippen molar-refractivity contribution >= 4 is 33.3 Å². The number of nitriles is 1. The molecule has 0 amide bonds. The normalized spacial score (nSPS) is 14.6. The van der Waals surface area contributed by atoms with Crippen molar-refractivity contribution in [3.05, 3.63) is 45.1 Å². The van der Waals surface area contributed by atoms with E-state index in [2.05, 4.69) is 6.07 Å². The second kappa shape index (κ2) is 7.37. The van der Waals surface area contributed by atoms with Crippen LogP contribution in [0, 0.1) is 11.3 Å². The van der Waals surface area contributed by atoms with Crippen LogP contribution >= 0.6 is 23.1 Å². The molecule has 0 aliphatic heterocycles. The first kappa shape index (κ1) is 18.1. The van der Waals surface area contributed by atoms with E-state index in [0.717, 1.165) is 40.9 Å². The number of hydrogen-bond donors (Lipinski definition) is 0. The van der Waals surface area contributed by atoms with Crippen LogP contribution in [0.1, 0.15) is 30.2 Å². The van der Waals surface area contributed by atoms with Crippen molar-refractivity contribution in [1.29, 1.82) is 5.26 Å². The molecule has 4 rings (SSSR count). The van der Waals surface area contributed by atoms with Gasteiger partial charge in [-0.05, 0) is 62.4 Å². The molecule has 5 nitrogen and oxygen atoms in total. The lowest BCUT2D eigenvalue weighted by Crippen LogP contribution is -2.22. The third-order valence-electron chi connectivity index (χ3n) is 4.75. The number of aromatic nitrogens is 2. The number of nitrogens with zero attached hydrogens (tertiary/aromatic N) is 3. The lowest BCUT2D eigenvalue weighted by Gasteiger charge is -2.14. The summed E-state index contributed by atoms with van der Waals surface area (Å²) in [5.41, 5.74) is 1.86. The van der Waals surface area contributed by atoms with Gasteiger partial charge in [0.05, 0.1) is 29.5 Å². The monoisotopic (exact) mass is 397 g/mol. The van der Waals surface area contributed by atoms with E-state index in [9.17, 15) is 10.1 Å².